The molecule has 0 spiro atoms. The average molecular weight is 387 g/mol. The SMILES string of the molecule is CCCOc1ccc(C(F)(F)F)cc1NCC(=O)N(C)CC(=O)NC1CC1. The summed E-state index contributed by atoms with van der Waals surface area (Å²) in [5.41, 5.74) is -0.749. The highest BCUT2D eigenvalue weighted by atomic mass is 19.4. The zero-order chi connectivity index (χ0) is 20.0. The van der Waals surface area contributed by atoms with Crippen LogP contribution >= 0.6 is 0 Å². The number of amides is 2. The number of nitrogens with zero attached hydrogens (tertiary/aromatic N) is 1. The second-order valence-corrected chi connectivity index (χ2v) is 6.50. The van der Waals surface area contributed by atoms with Gasteiger partial charge in [0.2, 0.25) is 11.8 Å². The van der Waals surface area contributed by atoms with Gasteiger partial charge in [-0.05, 0) is 37.5 Å². The van der Waals surface area contributed by atoms with Crippen molar-refractivity contribution in [2.45, 2.75) is 38.4 Å². The van der Waals surface area contributed by atoms with Gasteiger partial charge in [-0.15, -0.1) is 0 Å². The molecule has 6 nitrogen and oxygen atoms in total. The van der Waals surface area contributed by atoms with Crippen molar-refractivity contribution in [2.24, 2.45) is 0 Å². The van der Waals surface area contributed by atoms with Crippen LogP contribution in [0.1, 0.15) is 31.7 Å². The standard InChI is InChI=1S/C18H24F3N3O3/c1-3-8-27-15-7-4-12(18(19,20)21)9-14(15)22-10-17(26)24(2)11-16(25)23-13-5-6-13/h4,7,9,13,22H,3,5-6,8,10-11H2,1-2H3,(H,23,25). The molecule has 0 atom stereocenters. The van der Waals surface area contributed by atoms with Gasteiger partial charge in [-0.2, -0.15) is 13.2 Å². The smallest absolute Gasteiger partial charge is 0.416 e. The summed E-state index contributed by atoms with van der Waals surface area (Å²) < 4.78 is 44.3. The highest BCUT2D eigenvalue weighted by Crippen LogP contribution is 2.35. The Kier molecular flexibility index (Phi) is 6.92. The quantitative estimate of drug-likeness (QED) is 0.684. The molecule has 150 valence electrons. The zero-order valence-electron chi connectivity index (χ0n) is 15.4. The second-order valence-electron chi connectivity index (χ2n) is 6.50. The van der Waals surface area contributed by atoms with Crippen molar-refractivity contribution in [2.75, 3.05) is 32.1 Å². The number of likely N-dealkylation sites (N-methyl/N-ethyl adjacent to an activating group) is 1. The van der Waals surface area contributed by atoms with E-state index >= 15 is 0 Å². The monoisotopic (exact) mass is 387 g/mol. The molecule has 1 fully saturated rings. The summed E-state index contributed by atoms with van der Waals surface area (Å²) in [6.45, 7) is 1.87. The molecule has 1 aromatic carbocycles. The van der Waals surface area contributed by atoms with E-state index in [0.717, 1.165) is 25.0 Å². The summed E-state index contributed by atoms with van der Waals surface area (Å²) in [6.07, 6.45) is -1.91. The third-order valence-corrected chi connectivity index (χ3v) is 3.95. The van der Waals surface area contributed by atoms with E-state index in [2.05, 4.69) is 10.6 Å². The fraction of sp³-hybridized carbons (Fsp3) is 0.556. The van der Waals surface area contributed by atoms with Crippen molar-refractivity contribution in [3.05, 3.63) is 23.8 Å². The van der Waals surface area contributed by atoms with Crippen molar-refractivity contribution in [1.29, 1.82) is 0 Å². The molecule has 2 rings (SSSR count). The van der Waals surface area contributed by atoms with Crippen molar-refractivity contribution in [1.82, 2.24) is 10.2 Å². The third-order valence-electron chi connectivity index (χ3n) is 3.95. The van der Waals surface area contributed by atoms with E-state index in [1.54, 1.807) is 0 Å². The van der Waals surface area contributed by atoms with Crippen LogP contribution in [-0.4, -0.2) is 49.5 Å². The molecule has 0 aromatic heterocycles. The van der Waals surface area contributed by atoms with Gasteiger partial charge in [0.15, 0.2) is 0 Å². The van der Waals surface area contributed by atoms with Gasteiger partial charge in [0.25, 0.3) is 0 Å². The topological polar surface area (TPSA) is 70.7 Å². The molecular formula is C18H24F3N3O3. The highest BCUT2D eigenvalue weighted by molar-refractivity contribution is 5.87. The predicted molar refractivity (Wildman–Crippen MR) is 94.5 cm³/mol. The van der Waals surface area contributed by atoms with Gasteiger partial charge >= 0.3 is 6.18 Å². The first-order valence-corrected chi connectivity index (χ1v) is 8.82. The number of hydrogen-bond acceptors (Lipinski definition) is 4. The van der Waals surface area contributed by atoms with E-state index in [1.165, 1.54) is 18.0 Å². The predicted octanol–water partition coefficient (Wildman–Crippen LogP) is 2.64. The number of nitrogens with one attached hydrogen (secondary N) is 2. The lowest BCUT2D eigenvalue weighted by Gasteiger charge is -2.19. The molecule has 1 saturated carbocycles. The minimum Gasteiger partial charge on any atom is -0.491 e. The average Bonchev–Trinajstić information content (AvgIpc) is 3.40. The number of alkyl halides is 3. The number of anilines is 1. The molecule has 2 N–H and O–H groups in total. The number of halogens is 3. The molecule has 2 amide bonds. The summed E-state index contributed by atoms with van der Waals surface area (Å²) >= 11 is 0. The maximum absolute atomic E-state index is 12.9. The first-order chi connectivity index (χ1) is 12.7. The van der Waals surface area contributed by atoms with Crippen LogP contribution in [0, 0.1) is 0 Å². The van der Waals surface area contributed by atoms with E-state index < -0.39 is 17.6 Å². The fourth-order valence-electron chi connectivity index (χ4n) is 2.29. The van der Waals surface area contributed by atoms with Crippen LogP contribution in [0.4, 0.5) is 18.9 Å². The van der Waals surface area contributed by atoms with Gasteiger partial charge in [0, 0.05) is 13.1 Å². The van der Waals surface area contributed by atoms with E-state index in [4.69, 9.17) is 4.74 Å². The zero-order valence-corrected chi connectivity index (χ0v) is 15.4. The molecule has 0 unspecified atom stereocenters. The van der Waals surface area contributed by atoms with Crippen molar-refractivity contribution in [3.8, 4) is 5.75 Å². The summed E-state index contributed by atoms with van der Waals surface area (Å²) in [4.78, 5) is 25.1. The Morgan fingerprint density at radius 3 is 2.59 bits per heavy atom. The van der Waals surface area contributed by atoms with Crippen LogP contribution in [0.5, 0.6) is 5.75 Å². The molecule has 0 saturated heterocycles. The first kappa shape index (κ1) is 20.9. The lowest BCUT2D eigenvalue weighted by atomic mass is 10.1. The number of ether oxygens (including phenoxy) is 1. The Morgan fingerprint density at radius 2 is 2.00 bits per heavy atom. The van der Waals surface area contributed by atoms with Crippen molar-refractivity contribution >= 4 is 17.5 Å². The van der Waals surface area contributed by atoms with Crippen LogP contribution < -0.4 is 15.4 Å². The Hall–Kier alpha value is -2.45. The van der Waals surface area contributed by atoms with E-state index in [9.17, 15) is 22.8 Å². The van der Waals surface area contributed by atoms with Gasteiger partial charge in [-0.3, -0.25) is 9.59 Å². The Balaban J connectivity index is 1.98. The summed E-state index contributed by atoms with van der Waals surface area (Å²) in [5, 5.41) is 5.47. The summed E-state index contributed by atoms with van der Waals surface area (Å²) in [5.74, 6) is -0.425. The Bertz CT molecular complexity index is 676. The van der Waals surface area contributed by atoms with Crippen LogP contribution in [0.15, 0.2) is 18.2 Å². The minimum atomic E-state index is -4.50. The van der Waals surface area contributed by atoms with E-state index in [1.807, 2.05) is 6.92 Å². The molecule has 0 bridgehead atoms. The maximum atomic E-state index is 12.9. The Morgan fingerprint density at radius 1 is 1.30 bits per heavy atom. The van der Waals surface area contributed by atoms with Gasteiger partial charge in [0.1, 0.15) is 5.75 Å². The molecule has 1 aliphatic carbocycles. The van der Waals surface area contributed by atoms with Gasteiger partial charge in [0.05, 0.1) is 30.9 Å². The van der Waals surface area contributed by atoms with Crippen LogP contribution in [-0.2, 0) is 15.8 Å². The van der Waals surface area contributed by atoms with Crippen molar-refractivity contribution < 1.29 is 27.5 Å². The first-order valence-electron chi connectivity index (χ1n) is 8.82. The molecule has 9 heteroatoms. The molecule has 0 aliphatic heterocycles. The minimum absolute atomic E-state index is 0.0856. The van der Waals surface area contributed by atoms with Gasteiger partial charge in [-0.1, -0.05) is 6.92 Å². The largest absolute Gasteiger partial charge is 0.491 e. The molecular weight excluding hydrogens is 363 g/mol. The van der Waals surface area contributed by atoms with Gasteiger partial charge < -0.3 is 20.3 Å². The Labute approximate surface area is 156 Å². The third kappa shape index (κ3) is 6.65. The van der Waals surface area contributed by atoms with E-state index in [-0.39, 0.29) is 36.5 Å². The molecule has 27 heavy (non-hydrogen) atoms. The summed E-state index contributed by atoms with van der Waals surface area (Å²) in [6, 6.07) is 3.28. The lowest BCUT2D eigenvalue weighted by molar-refractivity contribution is -0.137. The number of benzene rings is 1. The van der Waals surface area contributed by atoms with Crippen LogP contribution in [0.25, 0.3) is 0 Å². The van der Waals surface area contributed by atoms with Crippen LogP contribution in [0.3, 0.4) is 0 Å². The molecule has 1 aliphatic rings. The number of hydrogen-bond donors (Lipinski definition) is 2. The number of carbonyl (C=O) groups excluding carboxylic acids is 2. The van der Waals surface area contributed by atoms with E-state index in [0.29, 0.717) is 13.0 Å². The van der Waals surface area contributed by atoms with Crippen LogP contribution in [0.2, 0.25) is 0 Å². The molecule has 0 heterocycles. The molecule has 1 aromatic rings. The number of rotatable bonds is 9. The number of carbonyl (C=O) groups is 2. The summed E-state index contributed by atoms with van der Waals surface area (Å²) in [7, 11) is 1.47. The normalized spacial score (nSPS) is 13.8. The van der Waals surface area contributed by atoms with Crippen molar-refractivity contribution in [3.63, 3.8) is 0 Å². The maximum Gasteiger partial charge on any atom is 0.416 e. The van der Waals surface area contributed by atoms with Gasteiger partial charge in [-0.25, -0.2) is 0 Å². The fourth-order valence-corrected chi connectivity index (χ4v) is 2.29. The second kappa shape index (κ2) is 8.96. The molecule has 0 radical (unpaired) electrons. The highest BCUT2D eigenvalue weighted by Gasteiger charge is 2.31. The lowest BCUT2D eigenvalue weighted by Crippen LogP contribution is -2.41.